The Labute approximate surface area is 94.4 Å². The van der Waals surface area contributed by atoms with Crippen LogP contribution in [-0.2, 0) is 0 Å². The average molecular weight is 227 g/mol. The van der Waals surface area contributed by atoms with Crippen molar-refractivity contribution in [2.45, 2.75) is 19.9 Å². The Morgan fingerprint density at radius 1 is 1.67 bits per heavy atom. The van der Waals surface area contributed by atoms with Gasteiger partial charge in [-0.1, -0.05) is 0 Å². The average Bonchev–Trinajstić information content (AvgIpc) is 2.66. The van der Waals surface area contributed by atoms with Gasteiger partial charge in [-0.15, -0.1) is 0 Å². The number of rotatable bonds is 5. The van der Waals surface area contributed by atoms with Gasteiger partial charge in [0.05, 0.1) is 0 Å². The zero-order chi connectivity index (χ0) is 11.3. The molecular formula is C10H17N3OS. The molecule has 0 spiro atoms. The van der Waals surface area contributed by atoms with Crippen molar-refractivity contribution in [3.8, 4) is 0 Å². The lowest BCUT2D eigenvalue weighted by Gasteiger charge is -2.04. The first-order chi connectivity index (χ1) is 7.15. The zero-order valence-electron chi connectivity index (χ0n) is 9.36. The van der Waals surface area contributed by atoms with E-state index < -0.39 is 0 Å². The fraction of sp³-hybridized carbons (Fsp3) is 0.600. The highest BCUT2D eigenvalue weighted by molar-refractivity contribution is 7.98. The van der Waals surface area contributed by atoms with Crippen LogP contribution in [0.25, 0.3) is 0 Å². The molecule has 0 aromatic carbocycles. The van der Waals surface area contributed by atoms with Gasteiger partial charge in [0.15, 0.2) is 0 Å². The summed E-state index contributed by atoms with van der Waals surface area (Å²) in [5.41, 5.74) is 0.491. The van der Waals surface area contributed by atoms with Gasteiger partial charge in [-0.25, -0.2) is 0 Å². The normalized spacial score (nSPS) is 10.7. The Hall–Kier alpha value is -0.970. The van der Waals surface area contributed by atoms with E-state index in [2.05, 4.69) is 10.4 Å². The van der Waals surface area contributed by atoms with Crippen LogP contribution in [0.3, 0.4) is 0 Å². The second-order valence-corrected chi connectivity index (χ2v) is 4.51. The van der Waals surface area contributed by atoms with Crippen molar-refractivity contribution in [2.24, 2.45) is 0 Å². The highest BCUT2D eigenvalue weighted by atomic mass is 32.2. The maximum atomic E-state index is 11.6. The van der Waals surface area contributed by atoms with E-state index >= 15 is 0 Å². The van der Waals surface area contributed by atoms with Crippen LogP contribution in [-0.4, -0.2) is 34.2 Å². The number of aromatic nitrogens is 2. The van der Waals surface area contributed by atoms with Crippen LogP contribution in [0.4, 0.5) is 0 Å². The number of thioether (sulfide) groups is 1. The van der Waals surface area contributed by atoms with Crippen molar-refractivity contribution in [1.29, 1.82) is 0 Å². The quantitative estimate of drug-likeness (QED) is 0.776. The summed E-state index contributed by atoms with van der Waals surface area (Å²) in [6.45, 7) is 4.75. The van der Waals surface area contributed by atoms with E-state index in [0.29, 0.717) is 12.2 Å². The van der Waals surface area contributed by atoms with Crippen LogP contribution in [0.5, 0.6) is 0 Å². The Kier molecular flexibility index (Phi) is 4.68. The summed E-state index contributed by atoms with van der Waals surface area (Å²) in [5.74, 6) is 0.833. The molecule has 0 saturated carbocycles. The second-order valence-electron chi connectivity index (χ2n) is 3.52. The molecule has 1 N–H and O–H groups in total. The fourth-order valence-corrected chi connectivity index (χ4v) is 1.41. The van der Waals surface area contributed by atoms with Gasteiger partial charge in [0.2, 0.25) is 0 Å². The molecule has 4 nitrogen and oxygen atoms in total. The van der Waals surface area contributed by atoms with Crippen LogP contribution in [0.1, 0.15) is 30.4 Å². The highest BCUT2D eigenvalue weighted by Crippen LogP contribution is 2.03. The monoisotopic (exact) mass is 227 g/mol. The fourth-order valence-electron chi connectivity index (χ4n) is 1.10. The summed E-state index contributed by atoms with van der Waals surface area (Å²) in [6.07, 6.45) is 3.84. The van der Waals surface area contributed by atoms with E-state index in [9.17, 15) is 4.79 Å². The molecule has 1 rings (SSSR count). The van der Waals surface area contributed by atoms with Gasteiger partial charge in [0.25, 0.3) is 5.91 Å². The van der Waals surface area contributed by atoms with Crippen molar-refractivity contribution in [3.05, 3.63) is 18.0 Å². The summed E-state index contributed by atoms with van der Waals surface area (Å²) in [7, 11) is 0. The first-order valence-electron chi connectivity index (χ1n) is 4.97. The predicted octanol–water partition coefficient (Wildman–Crippen LogP) is 1.56. The zero-order valence-corrected chi connectivity index (χ0v) is 10.2. The molecule has 0 aliphatic rings. The first-order valence-corrected chi connectivity index (χ1v) is 6.37. The summed E-state index contributed by atoms with van der Waals surface area (Å²) in [5, 5.41) is 7.00. The minimum atomic E-state index is -0.0940. The van der Waals surface area contributed by atoms with E-state index in [1.807, 2.05) is 26.3 Å². The number of carbonyl (C=O) groups excluding carboxylic acids is 1. The third-order valence-corrected chi connectivity index (χ3v) is 2.57. The van der Waals surface area contributed by atoms with Crippen LogP contribution in [0, 0.1) is 0 Å². The van der Waals surface area contributed by atoms with E-state index in [1.54, 1.807) is 22.5 Å². The van der Waals surface area contributed by atoms with Gasteiger partial charge in [-0.05, 0) is 26.2 Å². The molecule has 5 heteroatoms. The largest absolute Gasteiger partial charge is 0.350 e. The molecule has 0 bridgehead atoms. The third kappa shape index (κ3) is 3.58. The van der Waals surface area contributed by atoms with Gasteiger partial charge in [0.1, 0.15) is 5.69 Å². The molecule has 0 aliphatic heterocycles. The van der Waals surface area contributed by atoms with Gasteiger partial charge >= 0.3 is 0 Å². The smallest absolute Gasteiger partial charge is 0.271 e. The summed E-state index contributed by atoms with van der Waals surface area (Å²) < 4.78 is 1.78. The molecule has 0 saturated heterocycles. The van der Waals surface area contributed by atoms with E-state index in [0.717, 1.165) is 5.75 Å². The lowest BCUT2D eigenvalue weighted by Crippen LogP contribution is -2.26. The Balaban J connectivity index is 2.51. The highest BCUT2D eigenvalue weighted by Gasteiger charge is 2.09. The van der Waals surface area contributed by atoms with Crippen LogP contribution < -0.4 is 5.32 Å². The van der Waals surface area contributed by atoms with E-state index in [1.165, 1.54) is 0 Å². The standard InChI is InChI=1S/C10H17N3OS/c1-8(2)13-6-4-9(12-13)10(14)11-5-7-15-3/h4,6,8H,5,7H2,1-3H3,(H,11,14). The molecule has 15 heavy (non-hydrogen) atoms. The molecule has 1 aromatic heterocycles. The van der Waals surface area contributed by atoms with Gasteiger partial charge in [-0.3, -0.25) is 9.48 Å². The molecule has 0 unspecified atom stereocenters. The van der Waals surface area contributed by atoms with E-state index in [-0.39, 0.29) is 11.9 Å². The number of carbonyl (C=O) groups is 1. The Morgan fingerprint density at radius 2 is 2.40 bits per heavy atom. The molecule has 0 fully saturated rings. The van der Waals surface area contributed by atoms with Crippen molar-refractivity contribution in [3.63, 3.8) is 0 Å². The molecule has 84 valence electrons. The maximum Gasteiger partial charge on any atom is 0.271 e. The lowest BCUT2D eigenvalue weighted by molar-refractivity contribution is 0.0950. The SMILES string of the molecule is CSCCNC(=O)c1ccn(C(C)C)n1. The summed E-state index contributed by atoms with van der Waals surface area (Å²) in [4.78, 5) is 11.6. The number of hydrogen-bond donors (Lipinski definition) is 1. The second kappa shape index (κ2) is 5.80. The Morgan fingerprint density at radius 3 is 2.93 bits per heavy atom. The van der Waals surface area contributed by atoms with Gasteiger partial charge in [-0.2, -0.15) is 16.9 Å². The maximum absolute atomic E-state index is 11.6. The molecule has 0 atom stereocenters. The van der Waals surface area contributed by atoms with Crippen molar-refractivity contribution in [1.82, 2.24) is 15.1 Å². The predicted molar refractivity (Wildman–Crippen MR) is 63.3 cm³/mol. The molecule has 1 amide bonds. The van der Waals surface area contributed by atoms with E-state index in [4.69, 9.17) is 0 Å². The lowest BCUT2D eigenvalue weighted by atomic mass is 10.4. The van der Waals surface area contributed by atoms with Gasteiger partial charge in [0, 0.05) is 24.5 Å². The minimum absolute atomic E-state index is 0.0940. The number of amides is 1. The van der Waals surface area contributed by atoms with Gasteiger partial charge < -0.3 is 5.32 Å². The molecule has 0 radical (unpaired) electrons. The van der Waals surface area contributed by atoms with Crippen LogP contribution in [0.2, 0.25) is 0 Å². The van der Waals surface area contributed by atoms with Crippen LogP contribution >= 0.6 is 11.8 Å². The van der Waals surface area contributed by atoms with Crippen molar-refractivity contribution < 1.29 is 4.79 Å². The Bertz CT molecular complexity index is 322. The first kappa shape index (κ1) is 12.1. The number of nitrogens with zero attached hydrogens (tertiary/aromatic N) is 2. The number of hydrogen-bond acceptors (Lipinski definition) is 3. The van der Waals surface area contributed by atoms with Crippen LogP contribution in [0.15, 0.2) is 12.3 Å². The molecule has 1 aromatic rings. The molecule has 0 aliphatic carbocycles. The summed E-state index contributed by atoms with van der Waals surface area (Å²) >= 11 is 1.71. The molecular weight excluding hydrogens is 210 g/mol. The number of nitrogens with one attached hydrogen (secondary N) is 1. The third-order valence-electron chi connectivity index (χ3n) is 1.96. The molecule has 1 heterocycles. The van der Waals surface area contributed by atoms with Crippen molar-refractivity contribution in [2.75, 3.05) is 18.6 Å². The van der Waals surface area contributed by atoms with Crippen molar-refractivity contribution >= 4 is 17.7 Å². The summed E-state index contributed by atoms with van der Waals surface area (Å²) in [6, 6.07) is 2.03. The topological polar surface area (TPSA) is 46.9 Å². The minimum Gasteiger partial charge on any atom is -0.350 e.